The van der Waals surface area contributed by atoms with Crippen LogP contribution in [0.25, 0.3) is 38.9 Å². The molecule has 0 fully saturated rings. The number of hydrogen-bond acceptors (Lipinski definition) is 5. The SMILES string of the molecule is CCCCCn1cnc2c(c1=O)c1nc3ccccc3nc1n2-c1ccc(OC)cc1. The van der Waals surface area contributed by atoms with Crippen molar-refractivity contribution in [2.75, 3.05) is 7.11 Å². The fraction of sp³-hybridized carbons (Fsp3) is 0.250. The summed E-state index contributed by atoms with van der Waals surface area (Å²) in [6.07, 6.45) is 4.75. The van der Waals surface area contributed by atoms with Crippen LogP contribution in [0.1, 0.15) is 26.2 Å². The normalized spacial score (nSPS) is 11.5. The van der Waals surface area contributed by atoms with E-state index in [0.717, 1.165) is 41.7 Å². The van der Waals surface area contributed by atoms with Gasteiger partial charge in [0, 0.05) is 12.2 Å². The lowest BCUT2D eigenvalue weighted by Gasteiger charge is -2.08. The predicted molar refractivity (Wildman–Crippen MR) is 122 cm³/mol. The molecule has 0 atom stereocenters. The van der Waals surface area contributed by atoms with E-state index in [2.05, 4.69) is 11.9 Å². The third kappa shape index (κ3) is 3.22. The van der Waals surface area contributed by atoms with Crippen molar-refractivity contribution in [1.82, 2.24) is 24.1 Å². The fourth-order valence-corrected chi connectivity index (χ4v) is 3.94. The number of unbranched alkanes of at least 4 members (excludes halogenated alkanes) is 2. The number of para-hydroxylation sites is 2. The topological polar surface area (TPSA) is 74.8 Å². The maximum Gasteiger partial charge on any atom is 0.265 e. The van der Waals surface area contributed by atoms with Crippen molar-refractivity contribution >= 4 is 33.2 Å². The molecular formula is C24H23N5O2. The van der Waals surface area contributed by atoms with E-state index in [1.54, 1.807) is 18.0 Å². The molecular weight excluding hydrogens is 390 g/mol. The summed E-state index contributed by atoms with van der Waals surface area (Å²) in [4.78, 5) is 27.8. The Kier molecular flexibility index (Phi) is 4.86. The van der Waals surface area contributed by atoms with Crippen LogP contribution in [0.3, 0.4) is 0 Å². The number of rotatable bonds is 6. The first-order valence-corrected chi connectivity index (χ1v) is 10.5. The smallest absolute Gasteiger partial charge is 0.265 e. The molecule has 5 aromatic rings. The van der Waals surface area contributed by atoms with E-state index in [-0.39, 0.29) is 5.56 Å². The number of nitrogens with zero attached hydrogens (tertiary/aromatic N) is 5. The summed E-state index contributed by atoms with van der Waals surface area (Å²) >= 11 is 0. The summed E-state index contributed by atoms with van der Waals surface area (Å²) in [7, 11) is 1.63. The van der Waals surface area contributed by atoms with E-state index in [1.807, 2.05) is 53.1 Å². The number of aryl methyl sites for hydroxylation is 1. The summed E-state index contributed by atoms with van der Waals surface area (Å²) in [5, 5.41) is 0.503. The van der Waals surface area contributed by atoms with Gasteiger partial charge in [-0.05, 0) is 42.8 Å². The zero-order valence-corrected chi connectivity index (χ0v) is 17.6. The van der Waals surface area contributed by atoms with E-state index in [4.69, 9.17) is 14.7 Å². The molecule has 156 valence electrons. The molecule has 3 aromatic heterocycles. The van der Waals surface area contributed by atoms with Crippen molar-refractivity contribution in [3.05, 3.63) is 65.2 Å². The summed E-state index contributed by atoms with van der Waals surface area (Å²) in [5.74, 6) is 0.757. The Hall–Kier alpha value is -3.74. The standard InChI is InChI=1S/C24H23N5O2/c1-3-4-7-14-28-15-25-22-20(24(28)30)21-23(27-19-9-6-5-8-18(19)26-21)29(22)16-10-12-17(31-2)13-11-16/h5-6,8-13,15H,3-4,7,14H2,1-2H3. The van der Waals surface area contributed by atoms with Gasteiger partial charge in [-0.25, -0.2) is 15.0 Å². The molecule has 0 bridgehead atoms. The van der Waals surface area contributed by atoms with Crippen molar-refractivity contribution in [2.45, 2.75) is 32.7 Å². The highest BCUT2D eigenvalue weighted by Crippen LogP contribution is 2.29. The van der Waals surface area contributed by atoms with Gasteiger partial charge < -0.3 is 4.74 Å². The molecule has 7 heteroatoms. The quantitative estimate of drug-likeness (QED) is 0.384. The molecule has 0 unspecified atom stereocenters. The van der Waals surface area contributed by atoms with Gasteiger partial charge in [-0.15, -0.1) is 0 Å². The van der Waals surface area contributed by atoms with Crippen LogP contribution in [-0.2, 0) is 6.54 Å². The second-order valence-corrected chi connectivity index (χ2v) is 7.57. The Morgan fingerprint density at radius 3 is 2.39 bits per heavy atom. The molecule has 0 aliphatic carbocycles. The molecule has 0 N–H and O–H groups in total. The van der Waals surface area contributed by atoms with E-state index >= 15 is 0 Å². The maximum atomic E-state index is 13.4. The first-order chi connectivity index (χ1) is 15.2. The van der Waals surface area contributed by atoms with Crippen LogP contribution in [0.4, 0.5) is 0 Å². The molecule has 2 aromatic carbocycles. The number of fused-ring (bicyclic) bond motifs is 4. The maximum absolute atomic E-state index is 13.4. The van der Waals surface area contributed by atoms with Gasteiger partial charge in [0.05, 0.1) is 24.5 Å². The highest BCUT2D eigenvalue weighted by atomic mass is 16.5. The van der Waals surface area contributed by atoms with Gasteiger partial charge >= 0.3 is 0 Å². The first kappa shape index (κ1) is 19.2. The number of benzene rings is 2. The minimum atomic E-state index is -0.0806. The van der Waals surface area contributed by atoms with Crippen molar-refractivity contribution < 1.29 is 4.74 Å². The van der Waals surface area contributed by atoms with Gasteiger partial charge in [0.1, 0.15) is 16.7 Å². The summed E-state index contributed by atoms with van der Waals surface area (Å²) in [6.45, 7) is 2.79. The number of aromatic nitrogens is 5. The van der Waals surface area contributed by atoms with E-state index in [1.165, 1.54) is 0 Å². The lowest BCUT2D eigenvalue weighted by atomic mass is 10.2. The molecule has 31 heavy (non-hydrogen) atoms. The van der Waals surface area contributed by atoms with Crippen molar-refractivity contribution in [1.29, 1.82) is 0 Å². The largest absolute Gasteiger partial charge is 0.497 e. The van der Waals surface area contributed by atoms with Crippen LogP contribution in [0, 0.1) is 0 Å². The summed E-state index contributed by atoms with van der Waals surface area (Å²) < 4.78 is 8.89. The molecule has 5 rings (SSSR count). The highest BCUT2D eigenvalue weighted by Gasteiger charge is 2.20. The average Bonchev–Trinajstić information content (AvgIpc) is 3.13. The van der Waals surface area contributed by atoms with Crippen LogP contribution in [0.15, 0.2) is 59.7 Å². The summed E-state index contributed by atoms with van der Waals surface area (Å²) in [6, 6.07) is 15.3. The molecule has 0 aliphatic rings. The third-order valence-corrected chi connectivity index (χ3v) is 5.56. The Labute approximate surface area is 179 Å². The minimum Gasteiger partial charge on any atom is -0.497 e. The monoisotopic (exact) mass is 413 g/mol. The lowest BCUT2D eigenvalue weighted by molar-refractivity contribution is 0.415. The zero-order chi connectivity index (χ0) is 21.4. The van der Waals surface area contributed by atoms with Crippen LogP contribution >= 0.6 is 0 Å². The Morgan fingerprint density at radius 1 is 0.935 bits per heavy atom. The highest BCUT2D eigenvalue weighted by molar-refractivity contribution is 6.05. The number of ether oxygens (including phenoxy) is 1. The molecule has 0 saturated heterocycles. The van der Waals surface area contributed by atoms with Crippen LogP contribution < -0.4 is 10.3 Å². The first-order valence-electron chi connectivity index (χ1n) is 10.5. The Bertz CT molecular complexity index is 1450. The van der Waals surface area contributed by atoms with E-state index < -0.39 is 0 Å². The molecule has 0 aliphatic heterocycles. The molecule has 7 nitrogen and oxygen atoms in total. The summed E-state index contributed by atoms with van der Waals surface area (Å²) in [5.41, 5.74) is 4.05. The average molecular weight is 413 g/mol. The molecule has 0 radical (unpaired) electrons. The third-order valence-electron chi connectivity index (χ3n) is 5.56. The lowest BCUT2D eigenvalue weighted by Crippen LogP contribution is -2.20. The molecule has 3 heterocycles. The van der Waals surface area contributed by atoms with Crippen molar-refractivity contribution in [2.24, 2.45) is 0 Å². The molecule has 0 amide bonds. The van der Waals surface area contributed by atoms with Crippen LogP contribution in [-0.4, -0.2) is 31.2 Å². The molecule has 0 saturated carbocycles. The van der Waals surface area contributed by atoms with Crippen LogP contribution in [0.2, 0.25) is 0 Å². The van der Waals surface area contributed by atoms with Gasteiger partial charge in [-0.1, -0.05) is 31.9 Å². The van der Waals surface area contributed by atoms with Crippen molar-refractivity contribution in [3.63, 3.8) is 0 Å². The predicted octanol–water partition coefficient (Wildman–Crippen LogP) is 4.48. The second-order valence-electron chi connectivity index (χ2n) is 7.57. The van der Waals surface area contributed by atoms with Gasteiger partial charge in [-0.3, -0.25) is 13.9 Å². The zero-order valence-electron chi connectivity index (χ0n) is 17.6. The fourth-order valence-electron chi connectivity index (χ4n) is 3.94. The second kappa shape index (κ2) is 7.83. The van der Waals surface area contributed by atoms with Gasteiger partial charge in [0.2, 0.25) is 0 Å². The Morgan fingerprint density at radius 2 is 1.68 bits per heavy atom. The van der Waals surface area contributed by atoms with E-state index in [9.17, 15) is 4.79 Å². The van der Waals surface area contributed by atoms with Crippen molar-refractivity contribution in [3.8, 4) is 11.4 Å². The number of hydrogen-bond donors (Lipinski definition) is 0. The molecule has 0 spiro atoms. The van der Waals surface area contributed by atoms with Gasteiger partial charge in [0.25, 0.3) is 5.56 Å². The minimum absolute atomic E-state index is 0.0806. The van der Waals surface area contributed by atoms with Gasteiger partial charge in [-0.2, -0.15) is 0 Å². The van der Waals surface area contributed by atoms with Gasteiger partial charge in [0.15, 0.2) is 11.3 Å². The van der Waals surface area contributed by atoms with E-state index in [0.29, 0.717) is 28.7 Å². The number of methoxy groups -OCH3 is 1. The van der Waals surface area contributed by atoms with Crippen LogP contribution in [0.5, 0.6) is 5.75 Å². The Balaban J connectivity index is 1.83.